The van der Waals surface area contributed by atoms with Gasteiger partial charge in [-0.1, -0.05) is 12.1 Å². The minimum absolute atomic E-state index is 0.0246. The fraction of sp³-hybridized carbons (Fsp3) is 0.0714. The van der Waals surface area contributed by atoms with Crippen LogP contribution in [-0.2, 0) is 4.79 Å². The van der Waals surface area contributed by atoms with E-state index in [9.17, 15) is 9.90 Å². The third-order valence-electron chi connectivity index (χ3n) is 2.91. The molecule has 0 unspecified atom stereocenters. The summed E-state index contributed by atoms with van der Waals surface area (Å²) < 4.78 is 0.463. The van der Waals surface area contributed by atoms with Gasteiger partial charge in [0, 0.05) is 10.8 Å². The maximum absolute atomic E-state index is 12.0. The highest BCUT2D eigenvalue weighted by Crippen LogP contribution is 2.25. The number of hydrogen-bond donors (Lipinski definition) is 2. The molecule has 0 saturated carbocycles. The number of aromatic amines is 1. The molecular weight excluding hydrogens is 292 g/mol. The second kappa shape index (κ2) is 4.81. The van der Waals surface area contributed by atoms with Gasteiger partial charge in [0.1, 0.15) is 0 Å². The van der Waals surface area contributed by atoms with Crippen LogP contribution in [0.3, 0.4) is 0 Å². The summed E-state index contributed by atoms with van der Waals surface area (Å²) in [6.45, 7) is 1.95. The normalized spacial score (nSPS) is 15.7. The summed E-state index contributed by atoms with van der Waals surface area (Å²) in [5.74, 6) is -0.342. The number of aromatic nitrogens is 1. The van der Waals surface area contributed by atoms with Crippen LogP contribution in [0.5, 0.6) is 5.88 Å². The SMILES string of the molecule is Cc1ccc2c(c1)=NC(=O)/C(=C/c1sc(=S)[nH]c1O)C=2. The third kappa shape index (κ3) is 2.35. The van der Waals surface area contributed by atoms with E-state index in [1.165, 1.54) is 11.3 Å². The van der Waals surface area contributed by atoms with Gasteiger partial charge in [-0.3, -0.25) is 4.79 Å². The maximum Gasteiger partial charge on any atom is 0.277 e. The molecular formula is C14H10N2O2S2. The summed E-state index contributed by atoms with van der Waals surface area (Å²) in [5, 5.41) is 11.2. The molecule has 0 fully saturated rings. The molecule has 0 saturated heterocycles. The largest absolute Gasteiger partial charge is 0.494 e. The van der Waals surface area contributed by atoms with E-state index in [2.05, 4.69) is 9.98 Å². The molecule has 100 valence electrons. The molecule has 0 spiro atoms. The van der Waals surface area contributed by atoms with Crippen molar-refractivity contribution in [3.63, 3.8) is 0 Å². The Morgan fingerprint density at radius 1 is 1.45 bits per heavy atom. The molecule has 1 aromatic heterocycles. The van der Waals surface area contributed by atoms with Crippen LogP contribution in [-0.4, -0.2) is 16.0 Å². The first-order valence-electron chi connectivity index (χ1n) is 5.88. The van der Waals surface area contributed by atoms with Crippen LogP contribution in [0, 0.1) is 10.9 Å². The number of carbonyl (C=O) groups is 1. The maximum atomic E-state index is 12.0. The van der Waals surface area contributed by atoms with E-state index in [-0.39, 0.29) is 11.8 Å². The predicted octanol–water partition coefficient (Wildman–Crippen LogP) is 1.84. The van der Waals surface area contributed by atoms with Crippen molar-refractivity contribution in [1.29, 1.82) is 0 Å². The number of nitrogens with zero attached hydrogens (tertiary/aromatic N) is 1. The molecule has 1 aliphatic heterocycles. The van der Waals surface area contributed by atoms with Gasteiger partial charge in [-0.15, -0.1) is 11.3 Å². The van der Waals surface area contributed by atoms with Gasteiger partial charge in [0.25, 0.3) is 5.91 Å². The Morgan fingerprint density at radius 2 is 2.25 bits per heavy atom. The van der Waals surface area contributed by atoms with Crippen molar-refractivity contribution >= 4 is 41.6 Å². The highest BCUT2D eigenvalue weighted by atomic mass is 32.1. The van der Waals surface area contributed by atoms with E-state index >= 15 is 0 Å². The van der Waals surface area contributed by atoms with Crippen LogP contribution in [0.1, 0.15) is 10.4 Å². The lowest BCUT2D eigenvalue weighted by Gasteiger charge is -2.03. The minimum atomic E-state index is -0.318. The fourth-order valence-corrected chi connectivity index (χ4v) is 3.00. The predicted molar refractivity (Wildman–Crippen MR) is 80.6 cm³/mol. The molecule has 4 nitrogen and oxygen atoms in total. The molecule has 20 heavy (non-hydrogen) atoms. The number of nitrogens with one attached hydrogen (secondary N) is 1. The quantitative estimate of drug-likeness (QED) is 0.624. The van der Waals surface area contributed by atoms with Gasteiger partial charge < -0.3 is 10.1 Å². The minimum Gasteiger partial charge on any atom is -0.494 e. The van der Waals surface area contributed by atoms with Crippen LogP contribution >= 0.6 is 23.6 Å². The zero-order valence-corrected chi connectivity index (χ0v) is 12.1. The van der Waals surface area contributed by atoms with Crippen LogP contribution in [0.25, 0.3) is 12.2 Å². The molecule has 2 N–H and O–H groups in total. The molecule has 0 bridgehead atoms. The first-order chi connectivity index (χ1) is 9.52. The monoisotopic (exact) mass is 302 g/mol. The Balaban J connectivity index is 2.17. The summed E-state index contributed by atoms with van der Waals surface area (Å²) in [6, 6.07) is 5.77. The van der Waals surface area contributed by atoms with Crippen LogP contribution in [0.4, 0.5) is 0 Å². The van der Waals surface area contributed by atoms with E-state index in [4.69, 9.17) is 12.2 Å². The number of hydrogen-bond acceptors (Lipinski definition) is 4. The summed E-state index contributed by atoms with van der Waals surface area (Å²) in [5.41, 5.74) is 1.49. The molecule has 2 aromatic rings. The second-order valence-electron chi connectivity index (χ2n) is 4.45. The standard InChI is InChI=1S/C14H10N2O2S2/c1-7-2-3-8-5-9(12(17)15-10(8)4-7)6-11-13(18)16-14(19)20-11/h2-6,18H,1H3,(H,16,19)/b9-6+. The van der Waals surface area contributed by atoms with E-state index in [0.717, 1.165) is 10.8 Å². The first kappa shape index (κ1) is 13.0. The molecule has 0 atom stereocenters. The lowest BCUT2D eigenvalue weighted by atomic mass is 10.1. The lowest BCUT2D eigenvalue weighted by Crippen LogP contribution is -2.30. The number of aromatic hydroxyl groups is 1. The van der Waals surface area contributed by atoms with Crippen molar-refractivity contribution < 1.29 is 9.90 Å². The van der Waals surface area contributed by atoms with Gasteiger partial charge in [0.05, 0.1) is 10.2 Å². The molecule has 1 amide bonds. The Labute approximate surface area is 123 Å². The zero-order chi connectivity index (χ0) is 14.3. The lowest BCUT2D eigenvalue weighted by molar-refractivity contribution is -0.114. The van der Waals surface area contributed by atoms with E-state index in [0.29, 0.717) is 19.8 Å². The number of fused-ring (bicyclic) bond motifs is 1. The van der Waals surface area contributed by atoms with E-state index < -0.39 is 0 Å². The number of benzene rings is 1. The van der Waals surface area contributed by atoms with Crippen molar-refractivity contribution in [2.75, 3.05) is 0 Å². The molecule has 6 heteroatoms. The van der Waals surface area contributed by atoms with Gasteiger partial charge in [0.15, 0.2) is 3.95 Å². The summed E-state index contributed by atoms with van der Waals surface area (Å²) in [6.07, 6.45) is 3.37. The van der Waals surface area contributed by atoms with Gasteiger partial charge in [-0.05, 0) is 42.9 Å². The van der Waals surface area contributed by atoms with Gasteiger partial charge in [-0.25, -0.2) is 4.99 Å². The first-order valence-corrected chi connectivity index (χ1v) is 7.10. The van der Waals surface area contributed by atoms with E-state index in [1.807, 2.05) is 25.1 Å². The number of aryl methyl sites for hydroxylation is 1. The molecule has 0 aliphatic carbocycles. The van der Waals surface area contributed by atoms with Crippen LogP contribution in [0.2, 0.25) is 0 Å². The number of carbonyl (C=O) groups excluding carboxylic acids is 1. The highest BCUT2D eigenvalue weighted by Gasteiger charge is 2.12. The van der Waals surface area contributed by atoms with Gasteiger partial charge in [-0.2, -0.15) is 0 Å². The number of rotatable bonds is 1. The van der Waals surface area contributed by atoms with Gasteiger partial charge in [0.2, 0.25) is 5.88 Å². The van der Waals surface area contributed by atoms with Crippen LogP contribution in [0.15, 0.2) is 28.8 Å². The van der Waals surface area contributed by atoms with Crippen LogP contribution < -0.4 is 10.6 Å². The average molecular weight is 302 g/mol. The van der Waals surface area contributed by atoms with Gasteiger partial charge >= 0.3 is 0 Å². The third-order valence-corrected chi connectivity index (χ3v) is 4.08. The highest BCUT2D eigenvalue weighted by molar-refractivity contribution is 7.73. The zero-order valence-electron chi connectivity index (χ0n) is 10.5. The molecule has 1 aromatic carbocycles. The molecule has 3 rings (SSSR count). The summed E-state index contributed by atoms with van der Waals surface area (Å²) in [7, 11) is 0. The van der Waals surface area contributed by atoms with Crippen molar-refractivity contribution in [1.82, 2.24) is 4.98 Å². The topological polar surface area (TPSA) is 65.5 Å². The summed E-state index contributed by atoms with van der Waals surface area (Å²) in [4.78, 5) is 19.2. The second-order valence-corrected chi connectivity index (χ2v) is 6.17. The molecule has 1 aliphatic rings. The van der Waals surface area contributed by atoms with Crippen molar-refractivity contribution in [2.24, 2.45) is 4.99 Å². The van der Waals surface area contributed by atoms with Crippen molar-refractivity contribution in [3.05, 3.63) is 48.7 Å². The Morgan fingerprint density at radius 3 is 2.95 bits per heavy atom. The smallest absolute Gasteiger partial charge is 0.277 e. The summed E-state index contributed by atoms with van der Waals surface area (Å²) >= 11 is 6.16. The van der Waals surface area contributed by atoms with Crippen molar-refractivity contribution in [3.8, 4) is 5.88 Å². The Kier molecular flexibility index (Phi) is 3.11. The van der Waals surface area contributed by atoms with E-state index in [1.54, 1.807) is 12.2 Å². The average Bonchev–Trinajstić information content (AvgIpc) is 2.69. The number of amides is 1. The molecule has 0 radical (unpaired) electrons. The molecule has 2 heterocycles. The van der Waals surface area contributed by atoms with Crippen molar-refractivity contribution in [2.45, 2.75) is 6.92 Å². The number of thiazole rings is 1. The fourth-order valence-electron chi connectivity index (χ4n) is 1.95. The Bertz CT molecular complexity index is 919. The Hall–Kier alpha value is -2.05. The number of H-pyrrole nitrogens is 1.